The number of hydrogen-bond donors (Lipinski definition) is 1. The second-order valence-electron chi connectivity index (χ2n) is 5.24. The molecule has 2 aromatic carbocycles. The van der Waals surface area contributed by atoms with Gasteiger partial charge in [0.1, 0.15) is 11.6 Å². The van der Waals surface area contributed by atoms with Crippen LogP contribution < -0.4 is 10.2 Å². The van der Waals surface area contributed by atoms with Crippen LogP contribution in [0.15, 0.2) is 57.0 Å². The van der Waals surface area contributed by atoms with Crippen molar-refractivity contribution in [3.63, 3.8) is 0 Å². The summed E-state index contributed by atoms with van der Waals surface area (Å²) in [4.78, 5) is 14.3. The first-order valence-electron chi connectivity index (χ1n) is 7.06. The average molecular weight is 449 g/mol. The molecule has 0 unspecified atom stereocenters. The van der Waals surface area contributed by atoms with Gasteiger partial charge in [0.15, 0.2) is 0 Å². The van der Waals surface area contributed by atoms with Crippen LogP contribution in [0.3, 0.4) is 0 Å². The Morgan fingerprint density at radius 3 is 2.54 bits per heavy atom. The van der Waals surface area contributed by atoms with Crippen LogP contribution in [0.5, 0.6) is 0 Å². The van der Waals surface area contributed by atoms with Gasteiger partial charge in [0.2, 0.25) is 0 Å². The van der Waals surface area contributed by atoms with Gasteiger partial charge < -0.3 is 10.2 Å². The molecule has 0 aromatic heterocycles. The molecule has 0 spiro atoms. The number of rotatable bonds is 4. The number of anilines is 2. The molecule has 4 nitrogen and oxygen atoms in total. The first kappa shape index (κ1) is 18.2. The van der Waals surface area contributed by atoms with Crippen LogP contribution in [0.25, 0.3) is 6.08 Å². The molecule has 1 N–H and O–H groups in total. The lowest BCUT2D eigenvalue weighted by atomic mass is 10.1. The highest BCUT2D eigenvalue weighted by molar-refractivity contribution is 9.10. The maximum atomic E-state index is 12.3. The predicted octanol–water partition coefficient (Wildman–Crippen LogP) is 4.82. The molecular formula is C18H15Br2N3O. The van der Waals surface area contributed by atoms with Crippen molar-refractivity contribution >= 4 is 55.2 Å². The van der Waals surface area contributed by atoms with Crippen LogP contribution in [0, 0.1) is 11.3 Å². The van der Waals surface area contributed by atoms with E-state index in [9.17, 15) is 10.1 Å². The van der Waals surface area contributed by atoms with Gasteiger partial charge in [0.25, 0.3) is 5.91 Å². The van der Waals surface area contributed by atoms with Crippen LogP contribution in [0.1, 0.15) is 5.56 Å². The summed E-state index contributed by atoms with van der Waals surface area (Å²) < 4.78 is 1.75. The standard InChI is InChI=1S/C18H15Br2N3O/c1-23(2)17-7-6-12(9-16(17)20)8-13(11-21)18(24)22-15-5-3-4-14(19)10-15/h3-10H,1-2H3,(H,22,24)/b13-8-. The van der Waals surface area contributed by atoms with Crippen molar-refractivity contribution in [2.75, 3.05) is 24.3 Å². The zero-order chi connectivity index (χ0) is 17.7. The maximum absolute atomic E-state index is 12.3. The van der Waals surface area contributed by atoms with Crippen LogP contribution >= 0.6 is 31.9 Å². The van der Waals surface area contributed by atoms with E-state index in [4.69, 9.17) is 0 Å². The Bertz CT molecular complexity index is 838. The molecule has 0 bridgehead atoms. The summed E-state index contributed by atoms with van der Waals surface area (Å²) in [6, 6.07) is 14.8. The van der Waals surface area contributed by atoms with E-state index in [2.05, 4.69) is 37.2 Å². The largest absolute Gasteiger partial charge is 0.377 e. The number of carbonyl (C=O) groups excluding carboxylic acids is 1. The fraction of sp³-hybridized carbons (Fsp3) is 0.111. The molecule has 0 heterocycles. The SMILES string of the molecule is CN(C)c1ccc(/C=C(/C#N)C(=O)Nc2cccc(Br)c2)cc1Br. The second kappa shape index (κ2) is 8.13. The first-order valence-corrected chi connectivity index (χ1v) is 8.65. The molecular weight excluding hydrogens is 434 g/mol. The molecule has 0 atom stereocenters. The zero-order valence-corrected chi connectivity index (χ0v) is 16.3. The number of benzene rings is 2. The topological polar surface area (TPSA) is 56.1 Å². The molecule has 0 fully saturated rings. The van der Waals surface area contributed by atoms with Crippen LogP contribution in [0.4, 0.5) is 11.4 Å². The molecule has 2 aromatic rings. The lowest BCUT2D eigenvalue weighted by Gasteiger charge is -2.14. The van der Waals surface area contributed by atoms with Crippen molar-refractivity contribution in [2.45, 2.75) is 0 Å². The van der Waals surface area contributed by atoms with Gasteiger partial charge in [-0.25, -0.2) is 0 Å². The number of nitriles is 1. The molecule has 122 valence electrons. The predicted molar refractivity (Wildman–Crippen MR) is 105 cm³/mol. The van der Waals surface area contributed by atoms with Gasteiger partial charge in [-0.15, -0.1) is 0 Å². The first-order chi connectivity index (χ1) is 11.4. The summed E-state index contributed by atoms with van der Waals surface area (Å²) >= 11 is 6.84. The van der Waals surface area contributed by atoms with Gasteiger partial charge in [-0.05, 0) is 57.9 Å². The van der Waals surface area contributed by atoms with Gasteiger partial charge in [-0.2, -0.15) is 5.26 Å². The minimum Gasteiger partial charge on any atom is -0.377 e. The lowest BCUT2D eigenvalue weighted by Crippen LogP contribution is -2.13. The minimum atomic E-state index is -0.441. The van der Waals surface area contributed by atoms with Crippen LogP contribution in [0.2, 0.25) is 0 Å². The second-order valence-corrected chi connectivity index (χ2v) is 7.01. The van der Waals surface area contributed by atoms with Crippen molar-refractivity contribution < 1.29 is 4.79 Å². The molecule has 6 heteroatoms. The highest BCUT2D eigenvalue weighted by Gasteiger charge is 2.10. The van der Waals surface area contributed by atoms with E-state index in [0.29, 0.717) is 5.69 Å². The highest BCUT2D eigenvalue weighted by atomic mass is 79.9. The van der Waals surface area contributed by atoms with E-state index in [1.807, 2.05) is 55.4 Å². The van der Waals surface area contributed by atoms with Gasteiger partial charge in [0, 0.05) is 28.7 Å². The van der Waals surface area contributed by atoms with Crippen molar-refractivity contribution in [3.05, 3.63) is 62.5 Å². The van der Waals surface area contributed by atoms with Gasteiger partial charge in [-0.3, -0.25) is 4.79 Å². The normalized spacial score (nSPS) is 10.9. The van der Waals surface area contributed by atoms with E-state index in [0.717, 1.165) is 20.2 Å². The lowest BCUT2D eigenvalue weighted by molar-refractivity contribution is -0.112. The fourth-order valence-electron chi connectivity index (χ4n) is 2.06. The molecule has 0 aliphatic carbocycles. The summed E-state index contributed by atoms with van der Waals surface area (Å²) in [7, 11) is 3.89. The number of nitrogens with one attached hydrogen (secondary N) is 1. The molecule has 24 heavy (non-hydrogen) atoms. The number of halogens is 2. The van der Waals surface area contributed by atoms with Gasteiger partial charge in [-0.1, -0.05) is 28.1 Å². The summed E-state index contributed by atoms with van der Waals surface area (Å²) in [6.45, 7) is 0. The molecule has 0 aliphatic rings. The average Bonchev–Trinajstić information content (AvgIpc) is 2.52. The van der Waals surface area contributed by atoms with Gasteiger partial charge >= 0.3 is 0 Å². The maximum Gasteiger partial charge on any atom is 0.266 e. The Hall–Kier alpha value is -2.10. The quantitative estimate of drug-likeness (QED) is 0.538. The van der Waals surface area contributed by atoms with Crippen LogP contribution in [-0.4, -0.2) is 20.0 Å². The van der Waals surface area contributed by atoms with E-state index >= 15 is 0 Å². The zero-order valence-electron chi connectivity index (χ0n) is 13.2. The summed E-state index contributed by atoms with van der Waals surface area (Å²) in [5, 5.41) is 12.0. The number of nitrogens with zero attached hydrogens (tertiary/aromatic N) is 2. The number of hydrogen-bond acceptors (Lipinski definition) is 3. The molecule has 0 aliphatic heterocycles. The third-order valence-electron chi connectivity index (χ3n) is 3.21. The van der Waals surface area contributed by atoms with E-state index in [-0.39, 0.29) is 5.57 Å². The molecule has 0 radical (unpaired) electrons. The van der Waals surface area contributed by atoms with E-state index in [1.165, 1.54) is 0 Å². The van der Waals surface area contributed by atoms with E-state index in [1.54, 1.807) is 18.2 Å². The van der Waals surface area contributed by atoms with Crippen molar-refractivity contribution in [3.8, 4) is 6.07 Å². The third-order valence-corrected chi connectivity index (χ3v) is 4.34. The Balaban J connectivity index is 2.24. The van der Waals surface area contributed by atoms with Crippen molar-refractivity contribution in [1.82, 2.24) is 0 Å². The Kier molecular flexibility index (Phi) is 6.18. The third kappa shape index (κ3) is 4.70. The van der Waals surface area contributed by atoms with Crippen LogP contribution in [-0.2, 0) is 4.79 Å². The molecule has 1 amide bonds. The van der Waals surface area contributed by atoms with Crippen molar-refractivity contribution in [1.29, 1.82) is 5.26 Å². The highest BCUT2D eigenvalue weighted by Crippen LogP contribution is 2.26. The van der Waals surface area contributed by atoms with Gasteiger partial charge in [0.05, 0.1) is 5.69 Å². The Labute approximate surface area is 158 Å². The number of carbonyl (C=O) groups is 1. The van der Waals surface area contributed by atoms with Crippen molar-refractivity contribution in [2.24, 2.45) is 0 Å². The Morgan fingerprint density at radius 2 is 1.96 bits per heavy atom. The monoisotopic (exact) mass is 447 g/mol. The summed E-state index contributed by atoms with van der Waals surface area (Å²) in [5.74, 6) is -0.441. The smallest absolute Gasteiger partial charge is 0.266 e. The summed E-state index contributed by atoms with van der Waals surface area (Å²) in [6.07, 6.45) is 1.57. The minimum absolute atomic E-state index is 0.0412. The molecule has 0 saturated heterocycles. The van der Waals surface area contributed by atoms with E-state index < -0.39 is 5.91 Å². The fourth-order valence-corrected chi connectivity index (χ4v) is 3.21. The number of amides is 1. The molecule has 0 saturated carbocycles. The Morgan fingerprint density at radius 1 is 1.21 bits per heavy atom. The summed E-state index contributed by atoms with van der Waals surface area (Å²) in [5.41, 5.74) is 2.46. The molecule has 2 rings (SSSR count).